The Kier molecular flexibility index (Phi) is 17.2. The fourth-order valence-electron chi connectivity index (χ4n) is 1.90. The van der Waals surface area contributed by atoms with Crippen LogP contribution in [0.1, 0.15) is 58.8 Å². The zero-order valence-electron chi connectivity index (χ0n) is 13.9. The van der Waals surface area contributed by atoms with Crippen LogP contribution in [0.15, 0.2) is 4.99 Å². The first-order valence-corrected chi connectivity index (χ1v) is 7.68. The molecule has 0 radical (unpaired) electrons. The van der Waals surface area contributed by atoms with Gasteiger partial charge in [-0.25, -0.2) is 0 Å². The van der Waals surface area contributed by atoms with Crippen LogP contribution in [-0.2, 0) is 9.53 Å². The normalized spacial score (nSPS) is 12.3. The van der Waals surface area contributed by atoms with Crippen molar-refractivity contribution in [1.29, 1.82) is 0 Å². The number of guanidine groups is 1. The van der Waals surface area contributed by atoms with Gasteiger partial charge in [-0.15, -0.1) is 24.0 Å². The van der Waals surface area contributed by atoms with E-state index in [4.69, 9.17) is 0 Å². The highest BCUT2D eigenvalue weighted by Crippen LogP contribution is 2.02. The van der Waals surface area contributed by atoms with Gasteiger partial charge in [0.05, 0.1) is 7.11 Å². The summed E-state index contributed by atoms with van der Waals surface area (Å²) in [7, 11) is 3.20. The van der Waals surface area contributed by atoms with Crippen LogP contribution >= 0.6 is 24.0 Å². The fraction of sp³-hybridized carbons (Fsp3) is 0.867. The summed E-state index contributed by atoms with van der Waals surface area (Å²) < 4.78 is 4.60. The molecule has 0 saturated carbocycles. The Balaban J connectivity index is 0. The molecule has 0 amide bonds. The fourth-order valence-corrected chi connectivity index (χ4v) is 1.90. The number of hydrogen-bond donors (Lipinski definition) is 2. The molecular weight excluding hydrogens is 381 g/mol. The van der Waals surface area contributed by atoms with E-state index >= 15 is 0 Å². The standard InChI is InChI=1S/C15H31N3O2.HI/c1-5-6-7-10-13(2)18-15(16-3)17-12-9-8-11-14(19)20-4;/h13H,5-12H2,1-4H3,(H2,16,17,18);1H. The molecule has 0 rings (SSSR count). The van der Waals surface area contributed by atoms with Gasteiger partial charge in [-0.2, -0.15) is 0 Å². The summed E-state index contributed by atoms with van der Waals surface area (Å²) in [6.07, 6.45) is 7.20. The van der Waals surface area contributed by atoms with E-state index in [0.29, 0.717) is 12.5 Å². The van der Waals surface area contributed by atoms with Crippen LogP contribution in [0, 0.1) is 0 Å². The molecule has 126 valence electrons. The number of nitrogens with one attached hydrogen (secondary N) is 2. The highest BCUT2D eigenvalue weighted by Gasteiger charge is 2.04. The number of hydrogen-bond acceptors (Lipinski definition) is 3. The minimum atomic E-state index is -0.142. The van der Waals surface area contributed by atoms with E-state index in [1.807, 2.05) is 0 Å². The largest absolute Gasteiger partial charge is 0.469 e. The van der Waals surface area contributed by atoms with Crippen molar-refractivity contribution < 1.29 is 9.53 Å². The van der Waals surface area contributed by atoms with Crippen molar-refractivity contribution in [2.75, 3.05) is 20.7 Å². The SMILES string of the molecule is CCCCCC(C)NC(=NC)NCCCCC(=O)OC.I. The van der Waals surface area contributed by atoms with Crippen molar-refractivity contribution in [3.63, 3.8) is 0 Å². The highest BCUT2D eigenvalue weighted by atomic mass is 127. The molecule has 2 N–H and O–H groups in total. The molecule has 0 aliphatic rings. The van der Waals surface area contributed by atoms with Crippen molar-refractivity contribution >= 4 is 35.9 Å². The van der Waals surface area contributed by atoms with Crippen molar-refractivity contribution in [2.45, 2.75) is 64.8 Å². The van der Waals surface area contributed by atoms with Gasteiger partial charge in [0.1, 0.15) is 0 Å². The van der Waals surface area contributed by atoms with E-state index in [0.717, 1.165) is 31.8 Å². The van der Waals surface area contributed by atoms with Crippen LogP contribution < -0.4 is 10.6 Å². The Labute approximate surface area is 146 Å². The van der Waals surface area contributed by atoms with E-state index in [1.54, 1.807) is 7.05 Å². The van der Waals surface area contributed by atoms with Crippen LogP contribution in [0.5, 0.6) is 0 Å². The van der Waals surface area contributed by atoms with Crippen LogP contribution in [0.2, 0.25) is 0 Å². The first-order chi connectivity index (χ1) is 9.63. The average Bonchev–Trinajstić information content (AvgIpc) is 2.45. The van der Waals surface area contributed by atoms with Gasteiger partial charge in [0, 0.05) is 26.1 Å². The predicted octanol–water partition coefficient (Wildman–Crippen LogP) is 3.08. The zero-order valence-corrected chi connectivity index (χ0v) is 16.2. The molecule has 0 heterocycles. The molecule has 6 heteroatoms. The average molecular weight is 413 g/mol. The van der Waals surface area contributed by atoms with Gasteiger partial charge in [0.2, 0.25) is 0 Å². The van der Waals surface area contributed by atoms with Crippen molar-refractivity contribution in [3.8, 4) is 0 Å². The third-order valence-electron chi connectivity index (χ3n) is 3.18. The maximum Gasteiger partial charge on any atom is 0.305 e. The van der Waals surface area contributed by atoms with Crippen LogP contribution in [0.4, 0.5) is 0 Å². The molecule has 1 unspecified atom stereocenters. The second-order valence-electron chi connectivity index (χ2n) is 5.07. The molecule has 0 aliphatic carbocycles. The second-order valence-corrected chi connectivity index (χ2v) is 5.07. The number of carbonyl (C=O) groups is 1. The predicted molar refractivity (Wildman–Crippen MR) is 99.4 cm³/mol. The van der Waals surface area contributed by atoms with Crippen LogP contribution in [0.3, 0.4) is 0 Å². The summed E-state index contributed by atoms with van der Waals surface area (Å²) in [5, 5.41) is 6.65. The summed E-state index contributed by atoms with van der Waals surface area (Å²) in [5.41, 5.74) is 0. The number of rotatable bonds is 10. The lowest BCUT2D eigenvalue weighted by Gasteiger charge is -2.17. The Morgan fingerprint density at radius 1 is 1.24 bits per heavy atom. The maximum absolute atomic E-state index is 11.0. The quantitative estimate of drug-likeness (QED) is 0.190. The third kappa shape index (κ3) is 14.2. The number of halogens is 1. The Hall–Kier alpha value is -0.530. The molecular formula is C15H32IN3O2. The number of esters is 1. The number of carbonyl (C=O) groups excluding carboxylic acids is 1. The van der Waals surface area contributed by atoms with Gasteiger partial charge >= 0.3 is 5.97 Å². The van der Waals surface area contributed by atoms with Crippen molar-refractivity contribution in [1.82, 2.24) is 10.6 Å². The summed E-state index contributed by atoms with van der Waals surface area (Å²) >= 11 is 0. The number of aliphatic imine (C=N–C) groups is 1. The summed E-state index contributed by atoms with van der Waals surface area (Å²) in [6.45, 7) is 5.21. The number of ether oxygens (including phenoxy) is 1. The first-order valence-electron chi connectivity index (χ1n) is 7.68. The van der Waals surface area contributed by atoms with Crippen LogP contribution in [0.25, 0.3) is 0 Å². The topological polar surface area (TPSA) is 62.7 Å². The molecule has 0 bridgehead atoms. The molecule has 0 aliphatic heterocycles. The molecule has 0 saturated heterocycles. The zero-order chi connectivity index (χ0) is 15.2. The van der Waals surface area contributed by atoms with Crippen molar-refractivity contribution in [3.05, 3.63) is 0 Å². The van der Waals surface area contributed by atoms with Gasteiger partial charge in [-0.3, -0.25) is 9.79 Å². The van der Waals surface area contributed by atoms with Gasteiger partial charge in [0.25, 0.3) is 0 Å². The monoisotopic (exact) mass is 413 g/mol. The third-order valence-corrected chi connectivity index (χ3v) is 3.18. The van der Waals surface area contributed by atoms with Gasteiger partial charge < -0.3 is 15.4 Å². The van der Waals surface area contributed by atoms with Gasteiger partial charge in [0.15, 0.2) is 5.96 Å². The molecule has 0 spiro atoms. The highest BCUT2D eigenvalue weighted by molar-refractivity contribution is 14.0. The second kappa shape index (κ2) is 15.9. The van der Waals surface area contributed by atoms with E-state index in [-0.39, 0.29) is 29.9 Å². The Morgan fingerprint density at radius 3 is 2.52 bits per heavy atom. The molecule has 0 fully saturated rings. The summed E-state index contributed by atoms with van der Waals surface area (Å²) in [6, 6.07) is 0.433. The summed E-state index contributed by atoms with van der Waals surface area (Å²) in [5.74, 6) is 0.698. The molecule has 0 aromatic heterocycles. The van der Waals surface area contributed by atoms with E-state index in [1.165, 1.54) is 26.4 Å². The Bertz CT molecular complexity index is 286. The van der Waals surface area contributed by atoms with E-state index < -0.39 is 0 Å². The van der Waals surface area contributed by atoms with Gasteiger partial charge in [-0.1, -0.05) is 26.2 Å². The number of methoxy groups -OCH3 is 1. The minimum Gasteiger partial charge on any atom is -0.469 e. The molecule has 0 aromatic carbocycles. The Morgan fingerprint density at radius 2 is 1.95 bits per heavy atom. The number of nitrogens with zero attached hydrogens (tertiary/aromatic N) is 1. The lowest BCUT2D eigenvalue weighted by molar-refractivity contribution is -0.140. The minimum absolute atomic E-state index is 0. The molecule has 1 atom stereocenters. The first kappa shape index (κ1) is 22.7. The van der Waals surface area contributed by atoms with Crippen LogP contribution in [-0.4, -0.2) is 38.7 Å². The molecule has 0 aromatic rings. The number of unbranched alkanes of at least 4 members (excludes halogenated alkanes) is 3. The smallest absolute Gasteiger partial charge is 0.305 e. The molecule has 21 heavy (non-hydrogen) atoms. The van der Waals surface area contributed by atoms with Crippen molar-refractivity contribution in [2.24, 2.45) is 4.99 Å². The summed E-state index contributed by atoms with van der Waals surface area (Å²) in [4.78, 5) is 15.2. The van der Waals surface area contributed by atoms with E-state index in [2.05, 4.69) is 34.2 Å². The molecule has 5 nitrogen and oxygen atoms in total. The lowest BCUT2D eigenvalue weighted by atomic mass is 10.1. The lowest BCUT2D eigenvalue weighted by Crippen LogP contribution is -2.42. The van der Waals surface area contributed by atoms with Gasteiger partial charge in [-0.05, 0) is 26.2 Å². The maximum atomic E-state index is 11.0. The van der Waals surface area contributed by atoms with E-state index in [9.17, 15) is 4.79 Å².